The molecule has 26 heavy (non-hydrogen) atoms. The van der Waals surface area contributed by atoms with Crippen LogP contribution >= 0.6 is 23.3 Å². The van der Waals surface area contributed by atoms with Crippen LogP contribution in [-0.2, 0) is 10.8 Å². The zero-order chi connectivity index (χ0) is 18.7. The second-order valence-corrected chi connectivity index (χ2v) is 8.20. The lowest BCUT2D eigenvalue weighted by molar-refractivity contribution is 0.0696. The Morgan fingerprint density at radius 3 is 2.65 bits per heavy atom. The van der Waals surface area contributed by atoms with Crippen LogP contribution in [0.15, 0.2) is 57.8 Å². The highest BCUT2D eigenvalue weighted by atomic mass is 32.2. The lowest BCUT2D eigenvalue weighted by Gasteiger charge is -2.09. The Labute approximate surface area is 159 Å². The van der Waals surface area contributed by atoms with E-state index in [1.165, 1.54) is 53.8 Å². The van der Waals surface area contributed by atoms with Gasteiger partial charge in [-0.2, -0.15) is 0 Å². The molecule has 1 heterocycles. The average molecular weight is 409 g/mol. The predicted molar refractivity (Wildman–Crippen MR) is 103 cm³/mol. The van der Waals surface area contributed by atoms with Gasteiger partial charge in [-0.3, -0.25) is 4.21 Å². The van der Waals surface area contributed by atoms with Gasteiger partial charge in [0.25, 0.3) is 0 Å². The van der Waals surface area contributed by atoms with Crippen molar-refractivity contribution in [1.29, 1.82) is 0 Å². The van der Waals surface area contributed by atoms with Crippen molar-refractivity contribution in [2.24, 2.45) is 0 Å². The number of benzene rings is 2. The Balaban J connectivity index is 1.76. The molecule has 0 spiro atoms. The largest absolute Gasteiger partial charge is 0.478 e. The third-order valence-electron chi connectivity index (χ3n) is 3.38. The molecule has 134 valence electrons. The molecule has 0 saturated heterocycles. The first-order valence-electron chi connectivity index (χ1n) is 7.29. The van der Waals surface area contributed by atoms with Crippen LogP contribution in [-0.4, -0.2) is 26.5 Å². The fourth-order valence-electron chi connectivity index (χ4n) is 2.12. The first-order chi connectivity index (χ1) is 12.4. The van der Waals surface area contributed by atoms with E-state index in [1.807, 2.05) is 5.38 Å². The number of aromatic nitrogens is 1. The van der Waals surface area contributed by atoms with Crippen molar-refractivity contribution in [3.8, 4) is 10.6 Å². The highest BCUT2D eigenvalue weighted by Crippen LogP contribution is 2.31. The second-order valence-electron chi connectivity index (χ2n) is 5.17. The van der Waals surface area contributed by atoms with E-state index in [-0.39, 0.29) is 11.4 Å². The van der Waals surface area contributed by atoms with Gasteiger partial charge in [-0.05, 0) is 42.5 Å². The van der Waals surface area contributed by atoms with E-state index in [2.05, 4.69) is 9.71 Å². The number of aromatic carboxylic acids is 1. The van der Waals surface area contributed by atoms with Crippen molar-refractivity contribution < 1.29 is 18.5 Å². The third-order valence-corrected chi connectivity index (χ3v) is 6.12. The average Bonchev–Trinajstić information content (AvgIpc) is 3.09. The Morgan fingerprint density at radius 1 is 1.27 bits per heavy atom. The summed E-state index contributed by atoms with van der Waals surface area (Å²) in [6.45, 7) is 0. The molecule has 0 aliphatic rings. The third kappa shape index (κ3) is 4.29. The number of carboxylic acid groups (broad SMARTS) is 1. The minimum atomic E-state index is -1.34. The summed E-state index contributed by atoms with van der Waals surface area (Å²) in [6, 6.07) is 10.5. The van der Waals surface area contributed by atoms with Crippen LogP contribution in [0, 0.1) is 5.82 Å². The lowest BCUT2D eigenvalue weighted by Crippen LogP contribution is -2.01. The summed E-state index contributed by atoms with van der Waals surface area (Å²) >= 11 is 2.66. The molecule has 0 saturated carbocycles. The van der Waals surface area contributed by atoms with Gasteiger partial charge in [0.15, 0.2) is 0 Å². The Bertz CT molecular complexity index is 974. The van der Waals surface area contributed by atoms with Gasteiger partial charge in [0.2, 0.25) is 0 Å². The Kier molecular flexibility index (Phi) is 5.70. The minimum Gasteiger partial charge on any atom is -0.478 e. The molecule has 0 amide bonds. The maximum atomic E-state index is 13.0. The van der Waals surface area contributed by atoms with Crippen molar-refractivity contribution >= 4 is 45.7 Å². The molecule has 2 aromatic carbocycles. The van der Waals surface area contributed by atoms with Crippen molar-refractivity contribution in [2.45, 2.75) is 9.92 Å². The van der Waals surface area contributed by atoms with Gasteiger partial charge in [0, 0.05) is 29.1 Å². The summed E-state index contributed by atoms with van der Waals surface area (Å²) < 4.78 is 28.0. The predicted octanol–water partition coefficient (Wildman–Crippen LogP) is 4.50. The number of hydrogen-bond acceptors (Lipinski definition) is 6. The SMILES string of the molecule is CS(=O)c1cc(C(=O)O)ccc1NSc1csc(-c2ccc(F)cc2)n1. The first-order valence-corrected chi connectivity index (χ1v) is 10.5. The summed E-state index contributed by atoms with van der Waals surface area (Å²) in [4.78, 5) is 15.9. The quantitative estimate of drug-likeness (QED) is 0.585. The molecular formula is C17H13FN2O3S3. The smallest absolute Gasteiger partial charge is 0.335 e. The van der Waals surface area contributed by atoms with Gasteiger partial charge in [-0.1, -0.05) is 0 Å². The van der Waals surface area contributed by atoms with E-state index in [9.17, 15) is 13.4 Å². The lowest BCUT2D eigenvalue weighted by atomic mass is 10.2. The van der Waals surface area contributed by atoms with Crippen LogP contribution in [0.5, 0.6) is 0 Å². The summed E-state index contributed by atoms with van der Waals surface area (Å²) in [6.07, 6.45) is 1.49. The molecule has 3 rings (SSSR count). The maximum absolute atomic E-state index is 13.0. The zero-order valence-corrected chi connectivity index (χ0v) is 15.9. The molecule has 5 nitrogen and oxygen atoms in total. The van der Waals surface area contributed by atoms with Crippen LogP contribution in [0.1, 0.15) is 10.4 Å². The van der Waals surface area contributed by atoms with E-state index in [1.54, 1.807) is 18.2 Å². The highest BCUT2D eigenvalue weighted by Gasteiger charge is 2.12. The first kappa shape index (κ1) is 18.6. The fourth-order valence-corrected chi connectivity index (χ4v) is 4.51. The topological polar surface area (TPSA) is 79.3 Å². The van der Waals surface area contributed by atoms with Gasteiger partial charge in [0.1, 0.15) is 15.9 Å². The highest BCUT2D eigenvalue weighted by molar-refractivity contribution is 8.00. The summed E-state index contributed by atoms with van der Waals surface area (Å²) in [5.41, 5.74) is 1.47. The Morgan fingerprint density at radius 2 is 2.00 bits per heavy atom. The van der Waals surface area contributed by atoms with Crippen molar-refractivity contribution in [1.82, 2.24) is 4.98 Å². The molecule has 0 aliphatic heterocycles. The molecule has 1 atom stereocenters. The number of thiazole rings is 1. The van der Waals surface area contributed by atoms with Crippen LogP contribution in [0.25, 0.3) is 10.6 Å². The van der Waals surface area contributed by atoms with Gasteiger partial charge in [0.05, 0.1) is 26.9 Å². The normalized spacial score (nSPS) is 11.9. The van der Waals surface area contributed by atoms with Gasteiger partial charge in [-0.15, -0.1) is 11.3 Å². The van der Waals surface area contributed by atoms with Gasteiger partial charge >= 0.3 is 5.97 Å². The number of nitrogens with zero attached hydrogens (tertiary/aromatic N) is 1. The second kappa shape index (κ2) is 7.98. The molecule has 2 N–H and O–H groups in total. The molecule has 9 heteroatoms. The molecule has 3 aromatic rings. The zero-order valence-electron chi connectivity index (χ0n) is 13.4. The monoisotopic (exact) mass is 408 g/mol. The molecule has 1 unspecified atom stereocenters. The number of halogens is 1. The molecule has 0 fully saturated rings. The molecule has 0 bridgehead atoms. The number of rotatable bonds is 6. The van der Waals surface area contributed by atoms with Gasteiger partial charge in [-0.25, -0.2) is 14.2 Å². The van der Waals surface area contributed by atoms with Crippen molar-refractivity contribution in [3.05, 3.63) is 59.2 Å². The number of nitrogens with one attached hydrogen (secondary N) is 1. The number of carboxylic acids is 1. The number of carbonyl (C=O) groups is 1. The minimum absolute atomic E-state index is 0.0815. The van der Waals surface area contributed by atoms with E-state index >= 15 is 0 Å². The van der Waals surface area contributed by atoms with E-state index in [4.69, 9.17) is 5.11 Å². The molecular weight excluding hydrogens is 395 g/mol. The van der Waals surface area contributed by atoms with Crippen LogP contribution in [0.2, 0.25) is 0 Å². The van der Waals surface area contributed by atoms with Crippen molar-refractivity contribution in [3.63, 3.8) is 0 Å². The molecule has 0 aliphatic carbocycles. The van der Waals surface area contributed by atoms with E-state index in [0.717, 1.165) is 10.6 Å². The molecule has 1 aromatic heterocycles. The summed E-state index contributed by atoms with van der Waals surface area (Å²) in [5.74, 6) is -1.37. The standard InChI is InChI=1S/C17H13FN2O3S3/c1-26(23)14-8-11(17(21)22)4-7-13(14)20-25-15-9-24-16(19-15)10-2-5-12(18)6-3-10/h2-9,20H,1H3,(H,21,22). The van der Waals surface area contributed by atoms with Crippen LogP contribution < -0.4 is 4.72 Å². The summed E-state index contributed by atoms with van der Waals surface area (Å²) in [7, 11) is -1.34. The number of anilines is 1. The van der Waals surface area contributed by atoms with Gasteiger partial charge < -0.3 is 9.83 Å². The van der Waals surface area contributed by atoms with Crippen molar-refractivity contribution in [2.75, 3.05) is 11.0 Å². The number of hydrogen-bond donors (Lipinski definition) is 2. The van der Waals surface area contributed by atoms with E-state index < -0.39 is 16.8 Å². The molecule has 0 radical (unpaired) electrons. The van der Waals surface area contributed by atoms with Crippen LogP contribution in [0.3, 0.4) is 0 Å². The van der Waals surface area contributed by atoms with Crippen LogP contribution in [0.4, 0.5) is 10.1 Å². The van der Waals surface area contributed by atoms with E-state index in [0.29, 0.717) is 15.6 Å². The maximum Gasteiger partial charge on any atom is 0.335 e. The Hall–Kier alpha value is -2.23. The summed E-state index contributed by atoms with van der Waals surface area (Å²) in [5, 5.41) is 12.4. The fraction of sp³-hybridized carbons (Fsp3) is 0.0588.